The number of carbonyl (C=O) groups is 1. The van der Waals surface area contributed by atoms with Crippen LogP contribution >= 0.6 is 24.2 Å². The van der Waals surface area contributed by atoms with E-state index < -0.39 is 6.04 Å². The molecule has 0 saturated carbocycles. The van der Waals surface area contributed by atoms with Crippen molar-refractivity contribution < 1.29 is 14.3 Å². The summed E-state index contributed by atoms with van der Waals surface area (Å²) in [5, 5.41) is 2.85. The molecule has 0 unspecified atom stereocenters. The van der Waals surface area contributed by atoms with Crippen LogP contribution < -0.4 is 15.8 Å². The van der Waals surface area contributed by atoms with E-state index >= 15 is 0 Å². The van der Waals surface area contributed by atoms with Crippen molar-refractivity contribution >= 4 is 30.1 Å². The summed E-state index contributed by atoms with van der Waals surface area (Å²) in [5.74, 6) is 1.57. The highest BCUT2D eigenvalue weighted by molar-refractivity contribution is 7.98. The molecule has 0 aliphatic heterocycles. The standard InChI is InChI=1S/C15H24N2O3S.ClH/c1-19-8-9-20-13-5-3-12(4-6-13)11-17-15(18)14(16)7-10-21-2;/h3-6,14H,7-11,16H2,1-2H3,(H,17,18);1H/t14-;/m0./s1. The van der Waals surface area contributed by atoms with E-state index in [0.717, 1.165) is 17.1 Å². The third-order valence-electron chi connectivity index (χ3n) is 2.92. The molecule has 1 aromatic carbocycles. The highest BCUT2D eigenvalue weighted by atomic mass is 35.5. The lowest BCUT2D eigenvalue weighted by Crippen LogP contribution is -2.40. The Kier molecular flexibility index (Phi) is 12.0. The van der Waals surface area contributed by atoms with E-state index in [1.807, 2.05) is 30.5 Å². The highest BCUT2D eigenvalue weighted by Crippen LogP contribution is 2.12. The van der Waals surface area contributed by atoms with Crippen LogP contribution in [0.1, 0.15) is 12.0 Å². The smallest absolute Gasteiger partial charge is 0.237 e. The molecular formula is C15H25ClN2O3S. The number of amides is 1. The Bertz CT molecular complexity index is 418. The largest absolute Gasteiger partial charge is 0.491 e. The van der Waals surface area contributed by atoms with Crippen molar-refractivity contribution in [2.45, 2.75) is 19.0 Å². The van der Waals surface area contributed by atoms with Gasteiger partial charge in [-0.15, -0.1) is 12.4 Å². The first-order chi connectivity index (χ1) is 10.2. The average Bonchev–Trinajstić information content (AvgIpc) is 2.51. The molecule has 0 heterocycles. The number of hydrogen-bond donors (Lipinski definition) is 2. The lowest BCUT2D eigenvalue weighted by molar-refractivity contribution is -0.122. The van der Waals surface area contributed by atoms with Crippen molar-refractivity contribution in [2.24, 2.45) is 5.73 Å². The van der Waals surface area contributed by atoms with Crippen LogP contribution in [0.25, 0.3) is 0 Å². The number of nitrogens with two attached hydrogens (primary N) is 1. The van der Waals surface area contributed by atoms with Gasteiger partial charge in [-0.3, -0.25) is 4.79 Å². The van der Waals surface area contributed by atoms with Crippen molar-refractivity contribution in [3.8, 4) is 5.75 Å². The average molecular weight is 349 g/mol. The number of methoxy groups -OCH3 is 1. The van der Waals surface area contributed by atoms with Crippen LogP contribution in [0, 0.1) is 0 Å². The molecule has 0 saturated heterocycles. The van der Waals surface area contributed by atoms with Crippen molar-refractivity contribution in [3.05, 3.63) is 29.8 Å². The molecule has 0 aromatic heterocycles. The van der Waals surface area contributed by atoms with Gasteiger partial charge in [-0.05, 0) is 36.1 Å². The summed E-state index contributed by atoms with van der Waals surface area (Å²) in [6.07, 6.45) is 2.69. The van der Waals surface area contributed by atoms with Crippen LogP contribution in [-0.4, -0.2) is 44.3 Å². The number of thioether (sulfide) groups is 1. The van der Waals surface area contributed by atoms with Crippen LogP contribution in [0.2, 0.25) is 0 Å². The minimum absolute atomic E-state index is 0. The van der Waals surface area contributed by atoms with Gasteiger partial charge in [0.1, 0.15) is 12.4 Å². The number of nitrogens with one attached hydrogen (secondary N) is 1. The second kappa shape index (κ2) is 12.6. The molecular weight excluding hydrogens is 324 g/mol. The van der Waals surface area contributed by atoms with Gasteiger partial charge < -0.3 is 20.5 Å². The maximum absolute atomic E-state index is 11.8. The first kappa shape index (κ1) is 21.0. The lowest BCUT2D eigenvalue weighted by Gasteiger charge is -2.12. The number of benzene rings is 1. The Hall–Kier alpha value is -0.950. The van der Waals surface area contributed by atoms with Gasteiger partial charge in [-0.2, -0.15) is 11.8 Å². The first-order valence-corrected chi connectivity index (χ1v) is 8.29. The first-order valence-electron chi connectivity index (χ1n) is 6.90. The number of rotatable bonds is 10. The molecule has 22 heavy (non-hydrogen) atoms. The van der Waals surface area contributed by atoms with Crippen LogP contribution in [0.5, 0.6) is 5.75 Å². The van der Waals surface area contributed by atoms with Gasteiger partial charge in [0, 0.05) is 13.7 Å². The Morgan fingerprint density at radius 3 is 2.59 bits per heavy atom. The molecule has 126 valence electrons. The van der Waals surface area contributed by atoms with Gasteiger partial charge in [-0.1, -0.05) is 12.1 Å². The molecule has 0 spiro atoms. The Balaban J connectivity index is 0.00000441. The fraction of sp³-hybridized carbons (Fsp3) is 0.533. The van der Waals surface area contributed by atoms with E-state index in [2.05, 4.69) is 5.32 Å². The molecule has 7 heteroatoms. The minimum Gasteiger partial charge on any atom is -0.491 e. The SMILES string of the molecule is COCCOc1ccc(CNC(=O)[C@@H](N)CCSC)cc1.Cl. The summed E-state index contributed by atoms with van der Waals surface area (Å²) < 4.78 is 10.4. The third kappa shape index (κ3) is 8.48. The number of hydrogen-bond acceptors (Lipinski definition) is 5. The molecule has 1 amide bonds. The van der Waals surface area contributed by atoms with Gasteiger partial charge in [0.05, 0.1) is 12.6 Å². The van der Waals surface area contributed by atoms with Gasteiger partial charge in [0.15, 0.2) is 0 Å². The fourth-order valence-electron chi connectivity index (χ4n) is 1.64. The molecule has 0 aliphatic carbocycles. The van der Waals surface area contributed by atoms with Gasteiger partial charge in [0.25, 0.3) is 0 Å². The van der Waals surface area contributed by atoms with Crippen molar-refractivity contribution in [1.82, 2.24) is 5.32 Å². The van der Waals surface area contributed by atoms with Crippen molar-refractivity contribution in [3.63, 3.8) is 0 Å². The summed E-state index contributed by atoms with van der Waals surface area (Å²) in [4.78, 5) is 11.8. The topological polar surface area (TPSA) is 73.6 Å². The molecule has 3 N–H and O–H groups in total. The Morgan fingerprint density at radius 1 is 1.32 bits per heavy atom. The molecule has 5 nitrogen and oxygen atoms in total. The summed E-state index contributed by atoms with van der Waals surface area (Å²) in [6.45, 7) is 1.56. The molecule has 0 aliphatic rings. The van der Waals surface area contributed by atoms with E-state index in [9.17, 15) is 4.79 Å². The Morgan fingerprint density at radius 2 is 2.00 bits per heavy atom. The van der Waals surface area contributed by atoms with Gasteiger partial charge in [-0.25, -0.2) is 0 Å². The normalized spacial score (nSPS) is 11.4. The second-order valence-corrected chi connectivity index (χ2v) is 5.58. The fourth-order valence-corrected chi connectivity index (χ4v) is 2.13. The summed E-state index contributed by atoms with van der Waals surface area (Å²) >= 11 is 1.69. The highest BCUT2D eigenvalue weighted by Gasteiger charge is 2.12. The van der Waals surface area contributed by atoms with Crippen molar-refractivity contribution in [1.29, 1.82) is 0 Å². The quantitative estimate of drug-likeness (QED) is 0.631. The van der Waals surface area contributed by atoms with E-state index in [0.29, 0.717) is 26.2 Å². The summed E-state index contributed by atoms with van der Waals surface area (Å²) in [5.41, 5.74) is 6.82. The zero-order valence-corrected chi connectivity index (χ0v) is 14.7. The summed E-state index contributed by atoms with van der Waals surface area (Å²) in [6, 6.07) is 7.18. The van der Waals surface area contributed by atoms with Crippen LogP contribution in [-0.2, 0) is 16.1 Å². The maximum atomic E-state index is 11.8. The van der Waals surface area contributed by atoms with E-state index in [4.69, 9.17) is 15.2 Å². The second-order valence-electron chi connectivity index (χ2n) is 4.59. The van der Waals surface area contributed by atoms with E-state index in [1.54, 1.807) is 18.9 Å². The molecule has 1 atom stereocenters. The molecule has 1 aromatic rings. The number of halogens is 1. The van der Waals surface area contributed by atoms with E-state index in [-0.39, 0.29) is 18.3 Å². The predicted octanol–water partition coefficient (Wildman–Crippen LogP) is 1.83. The monoisotopic (exact) mass is 348 g/mol. The van der Waals surface area contributed by atoms with Crippen LogP contribution in [0.3, 0.4) is 0 Å². The van der Waals surface area contributed by atoms with E-state index in [1.165, 1.54) is 0 Å². The van der Waals surface area contributed by atoms with Gasteiger partial charge >= 0.3 is 0 Å². The summed E-state index contributed by atoms with van der Waals surface area (Å²) in [7, 11) is 1.64. The maximum Gasteiger partial charge on any atom is 0.237 e. The van der Waals surface area contributed by atoms with Crippen molar-refractivity contribution in [2.75, 3.05) is 32.3 Å². The number of ether oxygens (including phenoxy) is 2. The molecule has 0 bridgehead atoms. The van der Waals surface area contributed by atoms with Gasteiger partial charge in [0.2, 0.25) is 5.91 Å². The van der Waals surface area contributed by atoms with Crippen LogP contribution in [0.15, 0.2) is 24.3 Å². The zero-order chi connectivity index (χ0) is 15.5. The molecule has 1 rings (SSSR count). The minimum atomic E-state index is -0.436. The number of carbonyl (C=O) groups excluding carboxylic acids is 1. The van der Waals surface area contributed by atoms with Crippen LogP contribution in [0.4, 0.5) is 0 Å². The molecule has 0 radical (unpaired) electrons. The lowest BCUT2D eigenvalue weighted by atomic mass is 10.2. The third-order valence-corrected chi connectivity index (χ3v) is 3.56. The predicted molar refractivity (Wildman–Crippen MR) is 93.9 cm³/mol. The molecule has 0 fully saturated rings. The Labute approximate surface area is 142 Å². The zero-order valence-electron chi connectivity index (χ0n) is 13.0.